The highest BCUT2D eigenvalue weighted by atomic mass is 79.9. The van der Waals surface area contributed by atoms with Crippen LogP contribution < -0.4 is 10.1 Å². The van der Waals surface area contributed by atoms with Gasteiger partial charge in [0.05, 0.1) is 17.7 Å². The van der Waals surface area contributed by atoms with Gasteiger partial charge in [-0.05, 0) is 35.8 Å². The summed E-state index contributed by atoms with van der Waals surface area (Å²) in [7, 11) is 1.69. The highest BCUT2D eigenvalue weighted by Gasteiger charge is 2.07. The molecule has 16 heavy (non-hydrogen) atoms. The van der Waals surface area contributed by atoms with Crippen molar-refractivity contribution in [2.75, 3.05) is 20.3 Å². The van der Waals surface area contributed by atoms with Crippen LogP contribution in [0, 0.1) is 0 Å². The Bertz CT molecular complexity index is 317. The summed E-state index contributed by atoms with van der Waals surface area (Å²) in [5, 5.41) is 4.29. The number of nitrogens with one attached hydrogen (secondary N) is 1. The number of hydrogen-bond acceptors (Lipinski definition) is 4. The second-order valence-electron chi connectivity index (χ2n) is 3.45. The molecule has 1 unspecified atom stereocenters. The Balaban J connectivity index is 2.31. The van der Waals surface area contributed by atoms with Crippen molar-refractivity contribution < 1.29 is 9.47 Å². The first-order valence-electron chi connectivity index (χ1n) is 5.31. The first kappa shape index (κ1) is 14.0. The average molecular weight is 308 g/mol. The Labute approximate surface area is 109 Å². The molecule has 0 saturated carbocycles. The fourth-order valence-corrected chi connectivity index (χ4v) is 3.03. The molecule has 0 bridgehead atoms. The summed E-state index contributed by atoms with van der Waals surface area (Å²) in [4.78, 5) is 1.26. The third-order valence-electron chi connectivity index (χ3n) is 2.07. The van der Waals surface area contributed by atoms with Crippen LogP contribution in [0.15, 0.2) is 10.5 Å². The second-order valence-corrected chi connectivity index (χ2v) is 5.40. The van der Waals surface area contributed by atoms with Gasteiger partial charge in [-0.15, -0.1) is 11.3 Å². The number of rotatable bonds is 7. The zero-order chi connectivity index (χ0) is 12.0. The molecule has 1 heterocycles. The maximum absolute atomic E-state index is 5.44. The van der Waals surface area contributed by atoms with Gasteiger partial charge in [-0.3, -0.25) is 0 Å². The van der Waals surface area contributed by atoms with E-state index >= 15 is 0 Å². The molecule has 0 amide bonds. The Morgan fingerprint density at radius 1 is 1.56 bits per heavy atom. The van der Waals surface area contributed by atoms with Gasteiger partial charge in [-0.2, -0.15) is 0 Å². The number of ether oxygens (including phenoxy) is 2. The zero-order valence-electron chi connectivity index (χ0n) is 9.88. The lowest BCUT2D eigenvalue weighted by Crippen LogP contribution is -2.26. The molecule has 0 aliphatic rings. The zero-order valence-corrected chi connectivity index (χ0v) is 12.3. The summed E-state index contributed by atoms with van der Waals surface area (Å²) < 4.78 is 11.7. The van der Waals surface area contributed by atoms with E-state index in [1.165, 1.54) is 4.88 Å². The lowest BCUT2D eigenvalue weighted by atomic mass is 10.4. The molecule has 0 aliphatic carbocycles. The van der Waals surface area contributed by atoms with Gasteiger partial charge >= 0.3 is 0 Å². The van der Waals surface area contributed by atoms with Crippen LogP contribution in [-0.2, 0) is 11.3 Å². The molecule has 1 aromatic heterocycles. The van der Waals surface area contributed by atoms with Crippen molar-refractivity contribution in [3.63, 3.8) is 0 Å². The van der Waals surface area contributed by atoms with Gasteiger partial charge in [0, 0.05) is 24.6 Å². The third-order valence-corrected chi connectivity index (χ3v) is 4.02. The van der Waals surface area contributed by atoms with Crippen molar-refractivity contribution in [1.29, 1.82) is 0 Å². The van der Waals surface area contributed by atoms with Crippen LogP contribution in [0.2, 0.25) is 0 Å². The van der Waals surface area contributed by atoms with Crippen LogP contribution in [0.4, 0.5) is 0 Å². The monoisotopic (exact) mass is 307 g/mol. The van der Waals surface area contributed by atoms with E-state index in [9.17, 15) is 0 Å². The summed E-state index contributed by atoms with van der Waals surface area (Å²) >= 11 is 5.11. The van der Waals surface area contributed by atoms with Crippen molar-refractivity contribution >= 4 is 27.3 Å². The minimum Gasteiger partial charge on any atom is -0.486 e. The van der Waals surface area contributed by atoms with E-state index in [0.29, 0.717) is 0 Å². The van der Waals surface area contributed by atoms with E-state index in [1.807, 2.05) is 6.92 Å². The Kier molecular flexibility index (Phi) is 6.34. The third kappa shape index (κ3) is 4.41. The van der Waals surface area contributed by atoms with Crippen molar-refractivity contribution in [2.24, 2.45) is 0 Å². The van der Waals surface area contributed by atoms with Gasteiger partial charge in [-0.25, -0.2) is 0 Å². The molecule has 0 aliphatic heterocycles. The molecule has 1 aromatic rings. The van der Waals surface area contributed by atoms with Crippen LogP contribution in [-0.4, -0.2) is 26.4 Å². The summed E-state index contributed by atoms with van der Waals surface area (Å²) in [5.74, 6) is 0. The van der Waals surface area contributed by atoms with Gasteiger partial charge in [-0.1, -0.05) is 0 Å². The van der Waals surface area contributed by atoms with E-state index in [1.54, 1.807) is 18.4 Å². The van der Waals surface area contributed by atoms with E-state index in [4.69, 9.17) is 9.47 Å². The number of methoxy groups -OCH3 is 1. The molecule has 0 fully saturated rings. The molecule has 0 aromatic carbocycles. The lowest BCUT2D eigenvalue weighted by Gasteiger charge is -2.11. The highest BCUT2D eigenvalue weighted by Crippen LogP contribution is 2.34. The molecule has 3 nitrogen and oxygen atoms in total. The van der Waals surface area contributed by atoms with Crippen LogP contribution in [0.1, 0.15) is 18.7 Å². The molecule has 0 radical (unpaired) electrons. The normalized spacial score (nSPS) is 12.8. The summed E-state index contributed by atoms with van der Waals surface area (Å²) in [5.41, 5.74) is 0. The molecule has 1 rings (SSSR count). The molecule has 0 spiro atoms. The quantitative estimate of drug-likeness (QED) is 0.840. The van der Waals surface area contributed by atoms with Gasteiger partial charge in [0.25, 0.3) is 0 Å². The fraction of sp³-hybridized carbons (Fsp3) is 0.636. The maximum Gasteiger partial charge on any atom is 0.188 e. The fourth-order valence-electron chi connectivity index (χ4n) is 1.37. The Morgan fingerprint density at radius 2 is 2.31 bits per heavy atom. The van der Waals surface area contributed by atoms with Crippen LogP contribution in [0.3, 0.4) is 0 Å². The van der Waals surface area contributed by atoms with Crippen LogP contribution >= 0.6 is 27.3 Å². The van der Waals surface area contributed by atoms with Gasteiger partial charge in [0.15, 0.2) is 5.06 Å². The summed E-state index contributed by atoms with van der Waals surface area (Å²) in [6.07, 6.45) is 0.260. The Morgan fingerprint density at radius 3 is 2.88 bits per heavy atom. The number of thiophene rings is 1. The highest BCUT2D eigenvalue weighted by molar-refractivity contribution is 9.10. The average Bonchev–Trinajstić information content (AvgIpc) is 2.59. The largest absolute Gasteiger partial charge is 0.486 e. The topological polar surface area (TPSA) is 30.5 Å². The minimum absolute atomic E-state index is 0.260. The smallest absolute Gasteiger partial charge is 0.188 e. The molecule has 1 atom stereocenters. The lowest BCUT2D eigenvalue weighted by molar-refractivity contribution is 0.0760. The van der Waals surface area contributed by atoms with Gasteiger partial charge < -0.3 is 14.8 Å². The molecular formula is C11H18BrNO2S. The first-order chi connectivity index (χ1) is 7.67. The summed E-state index contributed by atoms with van der Waals surface area (Å²) in [6, 6.07) is 2.09. The van der Waals surface area contributed by atoms with Crippen LogP contribution in [0.5, 0.6) is 5.06 Å². The standard InChI is InChI=1S/C11H18BrNO2S/c1-4-15-8(2)6-13-7-9-5-10(12)11(14-3)16-9/h5,8,13H,4,6-7H2,1-3H3. The summed E-state index contributed by atoms with van der Waals surface area (Å²) in [6.45, 7) is 6.57. The van der Waals surface area contributed by atoms with Crippen LogP contribution in [0.25, 0.3) is 0 Å². The van der Waals surface area contributed by atoms with Crippen molar-refractivity contribution in [2.45, 2.75) is 26.5 Å². The van der Waals surface area contributed by atoms with E-state index in [-0.39, 0.29) is 6.10 Å². The molecule has 92 valence electrons. The van der Waals surface area contributed by atoms with Gasteiger partial charge in [0.2, 0.25) is 0 Å². The maximum atomic E-state index is 5.44. The van der Waals surface area contributed by atoms with E-state index in [2.05, 4.69) is 34.2 Å². The SMILES string of the molecule is CCOC(C)CNCc1cc(Br)c(OC)s1. The van der Waals surface area contributed by atoms with E-state index in [0.717, 1.165) is 29.2 Å². The van der Waals surface area contributed by atoms with Crippen molar-refractivity contribution in [3.05, 3.63) is 15.4 Å². The van der Waals surface area contributed by atoms with E-state index < -0.39 is 0 Å². The minimum atomic E-state index is 0.260. The van der Waals surface area contributed by atoms with Crippen molar-refractivity contribution in [1.82, 2.24) is 5.32 Å². The molecule has 0 saturated heterocycles. The molecular weight excluding hydrogens is 290 g/mol. The molecule has 5 heteroatoms. The first-order valence-corrected chi connectivity index (χ1v) is 6.92. The number of hydrogen-bond donors (Lipinski definition) is 1. The van der Waals surface area contributed by atoms with Crippen molar-refractivity contribution in [3.8, 4) is 5.06 Å². The second kappa shape index (κ2) is 7.27. The molecule has 1 N–H and O–H groups in total. The predicted octanol–water partition coefficient (Wildman–Crippen LogP) is 3.03. The Hall–Kier alpha value is -0.100. The predicted molar refractivity (Wildman–Crippen MR) is 71.4 cm³/mol. The van der Waals surface area contributed by atoms with Gasteiger partial charge in [0.1, 0.15) is 0 Å². The number of halogens is 1.